The number of fused-ring (bicyclic) bond motifs is 2. The third kappa shape index (κ3) is 2.73. The van der Waals surface area contributed by atoms with E-state index in [2.05, 4.69) is 0 Å². The average molecular weight is 274 g/mol. The Bertz CT molecular complexity index is 378. The van der Waals surface area contributed by atoms with Gasteiger partial charge in [-0.2, -0.15) is 0 Å². The second kappa shape index (κ2) is 5.47. The highest BCUT2D eigenvalue weighted by molar-refractivity contribution is 7.89. The SMILES string of the molecule is CCN(CC)S(=O)(=O)CC(N)C1CC2CCC1C2. The third-order valence-electron chi connectivity index (χ3n) is 4.84. The summed E-state index contributed by atoms with van der Waals surface area (Å²) in [6.07, 6.45) is 5.02. The van der Waals surface area contributed by atoms with Crippen molar-refractivity contribution in [1.29, 1.82) is 0 Å². The number of hydrogen-bond acceptors (Lipinski definition) is 3. The lowest BCUT2D eigenvalue weighted by Gasteiger charge is -2.29. The van der Waals surface area contributed by atoms with E-state index in [-0.39, 0.29) is 11.8 Å². The van der Waals surface area contributed by atoms with Crippen LogP contribution in [0, 0.1) is 17.8 Å². The summed E-state index contributed by atoms with van der Waals surface area (Å²) in [5.41, 5.74) is 6.19. The lowest BCUT2D eigenvalue weighted by Crippen LogP contribution is -2.44. The van der Waals surface area contributed by atoms with Crippen LogP contribution in [0.5, 0.6) is 0 Å². The number of nitrogens with zero attached hydrogens (tertiary/aromatic N) is 1. The molecule has 2 fully saturated rings. The van der Waals surface area contributed by atoms with Gasteiger partial charge in [0.15, 0.2) is 0 Å². The van der Waals surface area contributed by atoms with Gasteiger partial charge in [-0.25, -0.2) is 12.7 Å². The van der Waals surface area contributed by atoms with Crippen molar-refractivity contribution in [2.75, 3.05) is 18.8 Å². The van der Waals surface area contributed by atoms with E-state index < -0.39 is 10.0 Å². The smallest absolute Gasteiger partial charge is 0.215 e. The molecule has 4 atom stereocenters. The first-order valence-electron chi connectivity index (χ1n) is 7.21. The molecule has 0 aromatic heterocycles. The summed E-state index contributed by atoms with van der Waals surface area (Å²) < 4.78 is 26.0. The summed E-state index contributed by atoms with van der Waals surface area (Å²) in [4.78, 5) is 0. The van der Waals surface area contributed by atoms with Crippen molar-refractivity contribution in [2.45, 2.75) is 45.6 Å². The van der Waals surface area contributed by atoms with E-state index in [4.69, 9.17) is 5.73 Å². The Morgan fingerprint density at radius 3 is 2.33 bits per heavy atom. The molecule has 106 valence electrons. The predicted octanol–water partition coefficient (Wildman–Crippen LogP) is 1.42. The van der Waals surface area contributed by atoms with Crippen LogP contribution in [0.2, 0.25) is 0 Å². The van der Waals surface area contributed by atoms with Crippen LogP contribution < -0.4 is 5.73 Å². The van der Waals surface area contributed by atoms with Crippen LogP contribution in [0.4, 0.5) is 0 Å². The number of nitrogens with two attached hydrogens (primary N) is 1. The van der Waals surface area contributed by atoms with E-state index in [1.54, 1.807) is 0 Å². The third-order valence-corrected chi connectivity index (χ3v) is 6.95. The Hall–Kier alpha value is -0.130. The molecule has 0 spiro atoms. The zero-order valence-electron chi connectivity index (χ0n) is 11.5. The highest BCUT2D eigenvalue weighted by Crippen LogP contribution is 2.49. The molecule has 0 radical (unpaired) electrons. The molecule has 0 aliphatic heterocycles. The Balaban J connectivity index is 1.96. The maximum absolute atomic E-state index is 12.2. The molecule has 2 bridgehead atoms. The van der Waals surface area contributed by atoms with Gasteiger partial charge >= 0.3 is 0 Å². The fraction of sp³-hybridized carbons (Fsp3) is 1.00. The van der Waals surface area contributed by atoms with Gasteiger partial charge in [0.1, 0.15) is 0 Å². The normalized spacial score (nSPS) is 33.2. The first-order valence-corrected chi connectivity index (χ1v) is 8.82. The highest BCUT2D eigenvalue weighted by atomic mass is 32.2. The minimum absolute atomic E-state index is 0.128. The molecule has 4 nitrogen and oxygen atoms in total. The molecule has 2 aliphatic carbocycles. The molecule has 2 aliphatic rings. The summed E-state index contributed by atoms with van der Waals surface area (Å²) in [7, 11) is -3.17. The second-order valence-corrected chi connectivity index (χ2v) is 7.88. The maximum atomic E-state index is 12.2. The van der Waals surface area contributed by atoms with Crippen LogP contribution in [-0.4, -0.2) is 37.6 Å². The van der Waals surface area contributed by atoms with Crippen molar-refractivity contribution >= 4 is 10.0 Å². The maximum Gasteiger partial charge on any atom is 0.215 e. The summed E-state index contributed by atoms with van der Waals surface area (Å²) in [5.74, 6) is 2.08. The van der Waals surface area contributed by atoms with Gasteiger partial charge in [0, 0.05) is 19.1 Å². The molecule has 5 heteroatoms. The summed E-state index contributed by atoms with van der Waals surface area (Å²) in [6.45, 7) is 4.85. The van der Waals surface area contributed by atoms with Gasteiger partial charge in [-0.15, -0.1) is 0 Å². The summed E-state index contributed by atoms with van der Waals surface area (Å²) in [6, 6.07) is -0.175. The predicted molar refractivity (Wildman–Crippen MR) is 73.6 cm³/mol. The summed E-state index contributed by atoms with van der Waals surface area (Å²) in [5, 5.41) is 0. The van der Waals surface area contributed by atoms with E-state index in [0.717, 1.165) is 12.3 Å². The first kappa shape index (κ1) is 14.3. The minimum Gasteiger partial charge on any atom is -0.326 e. The number of sulfonamides is 1. The monoisotopic (exact) mass is 274 g/mol. The molecule has 0 heterocycles. The van der Waals surface area contributed by atoms with Gasteiger partial charge in [0.2, 0.25) is 10.0 Å². The molecule has 0 aromatic carbocycles. The quantitative estimate of drug-likeness (QED) is 0.797. The van der Waals surface area contributed by atoms with Crippen molar-refractivity contribution in [3.05, 3.63) is 0 Å². The van der Waals surface area contributed by atoms with Crippen molar-refractivity contribution in [3.8, 4) is 0 Å². The molecular formula is C13H26N2O2S. The van der Waals surface area contributed by atoms with Crippen LogP contribution in [0.15, 0.2) is 0 Å². The van der Waals surface area contributed by atoms with E-state index in [1.807, 2.05) is 13.8 Å². The molecule has 18 heavy (non-hydrogen) atoms. The molecule has 4 unspecified atom stereocenters. The summed E-state index contributed by atoms with van der Waals surface area (Å²) >= 11 is 0. The molecule has 2 saturated carbocycles. The number of rotatable bonds is 6. The van der Waals surface area contributed by atoms with Crippen molar-refractivity contribution in [1.82, 2.24) is 4.31 Å². The lowest BCUT2D eigenvalue weighted by molar-refractivity contribution is 0.291. The molecule has 2 rings (SSSR count). The second-order valence-electron chi connectivity index (χ2n) is 5.87. The van der Waals surface area contributed by atoms with Crippen LogP contribution in [0.3, 0.4) is 0 Å². The molecule has 2 N–H and O–H groups in total. The largest absolute Gasteiger partial charge is 0.326 e. The Morgan fingerprint density at radius 2 is 1.89 bits per heavy atom. The first-order chi connectivity index (χ1) is 8.47. The molecular weight excluding hydrogens is 248 g/mol. The van der Waals surface area contributed by atoms with Gasteiger partial charge in [0.25, 0.3) is 0 Å². The highest BCUT2D eigenvalue weighted by Gasteiger charge is 2.43. The van der Waals surface area contributed by atoms with E-state index in [9.17, 15) is 8.42 Å². The van der Waals surface area contributed by atoms with Gasteiger partial charge in [-0.1, -0.05) is 20.3 Å². The fourth-order valence-electron chi connectivity index (χ4n) is 3.91. The Morgan fingerprint density at radius 1 is 1.22 bits per heavy atom. The van der Waals surface area contributed by atoms with E-state index in [0.29, 0.717) is 24.9 Å². The topological polar surface area (TPSA) is 63.4 Å². The Kier molecular flexibility index (Phi) is 4.34. The number of hydrogen-bond donors (Lipinski definition) is 1. The van der Waals surface area contributed by atoms with Gasteiger partial charge < -0.3 is 5.73 Å². The van der Waals surface area contributed by atoms with E-state index >= 15 is 0 Å². The Labute approximate surface area is 111 Å². The van der Waals surface area contributed by atoms with Gasteiger partial charge in [0.05, 0.1) is 5.75 Å². The van der Waals surface area contributed by atoms with Crippen LogP contribution in [0.25, 0.3) is 0 Å². The van der Waals surface area contributed by atoms with Crippen molar-refractivity contribution in [3.63, 3.8) is 0 Å². The lowest BCUT2D eigenvalue weighted by atomic mass is 9.84. The molecule has 0 saturated heterocycles. The minimum atomic E-state index is -3.17. The van der Waals surface area contributed by atoms with E-state index in [1.165, 1.54) is 23.6 Å². The zero-order valence-corrected chi connectivity index (χ0v) is 12.3. The van der Waals surface area contributed by atoms with Gasteiger partial charge in [-0.3, -0.25) is 0 Å². The van der Waals surface area contributed by atoms with Crippen LogP contribution in [0.1, 0.15) is 39.5 Å². The van der Waals surface area contributed by atoms with Crippen LogP contribution in [-0.2, 0) is 10.0 Å². The average Bonchev–Trinajstić information content (AvgIpc) is 2.91. The van der Waals surface area contributed by atoms with Crippen molar-refractivity contribution < 1.29 is 8.42 Å². The van der Waals surface area contributed by atoms with Crippen LogP contribution >= 0.6 is 0 Å². The molecule has 0 amide bonds. The molecule has 0 aromatic rings. The fourth-order valence-corrected chi connectivity index (χ4v) is 5.64. The van der Waals surface area contributed by atoms with Gasteiger partial charge in [-0.05, 0) is 37.0 Å². The zero-order chi connectivity index (χ0) is 13.3. The standard InChI is InChI=1S/C13H26N2O2S/c1-3-15(4-2)18(16,17)9-13(14)12-8-10-5-6-11(12)7-10/h10-13H,3-9,14H2,1-2H3. The van der Waals surface area contributed by atoms with Crippen molar-refractivity contribution in [2.24, 2.45) is 23.5 Å².